The summed E-state index contributed by atoms with van der Waals surface area (Å²) in [6, 6.07) is 8.76. The van der Waals surface area contributed by atoms with Gasteiger partial charge in [0.1, 0.15) is 42.3 Å². The second-order valence-corrected chi connectivity index (χ2v) is 19.4. The van der Waals surface area contributed by atoms with Crippen molar-refractivity contribution in [1.82, 2.24) is 47.4 Å². The van der Waals surface area contributed by atoms with Crippen molar-refractivity contribution in [1.29, 1.82) is 0 Å². The highest BCUT2D eigenvalue weighted by molar-refractivity contribution is 7.98. The summed E-state index contributed by atoms with van der Waals surface area (Å²) in [6.07, 6.45) is 4.55. The maximum Gasteiger partial charge on any atom is 0.243 e. The lowest BCUT2D eigenvalue weighted by molar-refractivity contribution is -0.140. The van der Waals surface area contributed by atoms with Gasteiger partial charge in [-0.1, -0.05) is 60.7 Å². The fourth-order valence-electron chi connectivity index (χ4n) is 8.03. The molecular weight excluding hydrogens is 1000 g/mol. The van der Waals surface area contributed by atoms with Gasteiger partial charge in [-0.05, 0) is 94.9 Å². The Morgan fingerprint density at radius 2 is 1.14 bits per heavy atom. The van der Waals surface area contributed by atoms with Crippen LogP contribution in [0.15, 0.2) is 65.7 Å². The lowest BCUT2D eigenvalue weighted by Crippen LogP contribution is -2.58. The molecule has 1 saturated heterocycles. The van der Waals surface area contributed by atoms with E-state index in [-0.39, 0.29) is 50.5 Å². The van der Waals surface area contributed by atoms with Crippen molar-refractivity contribution in [2.24, 2.45) is 33.7 Å². The van der Waals surface area contributed by atoms with E-state index in [0.717, 1.165) is 0 Å². The third-order valence-corrected chi connectivity index (χ3v) is 12.8. The first-order valence-electron chi connectivity index (χ1n) is 25.3. The molecule has 0 saturated carbocycles. The summed E-state index contributed by atoms with van der Waals surface area (Å²) < 4.78 is 0. The molecule has 0 aromatic heterocycles. The van der Waals surface area contributed by atoms with Gasteiger partial charge in [-0.2, -0.15) is 11.8 Å². The molecule has 8 unspecified atom stereocenters. The van der Waals surface area contributed by atoms with Crippen LogP contribution in [-0.2, 0) is 60.8 Å². The Morgan fingerprint density at radius 1 is 0.632 bits per heavy atom. The van der Waals surface area contributed by atoms with E-state index >= 15 is 0 Å². The average Bonchev–Trinajstić information content (AvgIpc) is 3.89. The number of nitrogens with two attached hydrogens (primary N) is 5. The second-order valence-electron chi connectivity index (χ2n) is 18.4. The normalized spacial score (nSPS) is 15.6. The van der Waals surface area contributed by atoms with E-state index in [4.69, 9.17) is 28.7 Å². The quantitative estimate of drug-likeness (QED) is 0.0187. The number of nitrogens with one attached hydrogen (secondary N) is 8. The van der Waals surface area contributed by atoms with E-state index < -0.39 is 115 Å². The molecule has 1 heterocycles. The molecule has 18 N–H and O–H groups in total. The Bertz CT molecular complexity index is 2290. The predicted molar refractivity (Wildman–Crippen MR) is 287 cm³/mol. The van der Waals surface area contributed by atoms with Crippen molar-refractivity contribution in [3.63, 3.8) is 0 Å². The van der Waals surface area contributed by atoms with Crippen molar-refractivity contribution >= 4 is 76.8 Å². The number of aliphatic imine (C=N–C) groups is 1. The summed E-state index contributed by atoms with van der Waals surface area (Å²) >= 11 is 1.42. The number of primary amides is 1. The molecular formula is C50H77N15O10S. The summed E-state index contributed by atoms with van der Waals surface area (Å²) in [4.78, 5) is 139. The van der Waals surface area contributed by atoms with E-state index in [9.17, 15) is 47.9 Å². The van der Waals surface area contributed by atoms with Crippen LogP contribution in [0.3, 0.4) is 0 Å². The molecule has 2 aromatic rings. The fraction of sp³-hybridized carbons (Fsp3) is 0.540. The molecule has 25 nitrogen and oxygen atoms in total. The Morgan fingerprint density at radius 3 is 1.70 bits per heavy atom. The summed E-state index contributed by atoms with van der Waals surface area (Å²) in [5.41, 5.74) is 28.9. The first kappa shape index (κ1) is 63.0. The number of nitrogens with zero attached hydrogens (tertiary/aromatic N) is 2. The number of guanidine groups is 1. The van der Waals surface area contributed by atoms with Crippen LogP contribution in [0.1, 0.15) is 76.3 Å². The summed E-state index contributed by atoms with van der Waals surface area (Å²) in [6.45, 7) is 2.55. The molecule has 418 valence electrons. The lowest BCUT2D eigenvalue weighted by Gasteiger charge is -2.28. The van der Waals surface area contributed by atoms with Crippen LogP contribution < -0.4 is 71.2 Å². The fourth-order valence-corrected chi connectivity index (χ4v) is 8.50. The predicted octanol–water partition coefficient (Wildman–Crippen LogP) is -3.61. The summed E-state index contributed by atoms with van der Waals surface area (Å²) in [5.74, 6) is -6.57. The molecule has 8 atom stereocenters. The van der Waals surface area contributed by atoms with E-state index in [0.29, 0.717) is 62.1 Å². The first-order valence-corrected chi connectivity index (χ1v) is 26.7. The van der Waals surface area contributed by atoms with Gasteiger partial charge in [0.25, 0.3) is 0 Å². The molecule has 0 aliphatic carbocycles. The molecule has 0 bridgehead atoms. The third-order valence-electron chi connectivity index (χ3n) is 12.1. The van der Waals surface area contributed by atoms with E-state index in [2.05, 4.69) is 47.5 Å². The number of amides is 10. The number of hydrogen-bond donors (Lipinski definition) is 13. The van der Waals surface area contributed by atoms with Gasteiger partial charge < -0.3 is 76.1 Å². The molecule has 2 aromatic carbocycles. The number of thioether (sulfide) groups is 1. The van der Waals surface area contributed by atoms with E-state index in [1.165, 1.54) is 30.5 Å². The Balaban J connectivity index is 1.72. The average molecular weight is 1080 g/mol. The molecule has 1 aliphatic rings. The number of benzene rings is 2. The van der Waals surface area contributed by atoms with Crippen molar-refractivity contribution < 1.29 is 47.9 Å². The zero-order valence-corrected chi connectivity index (χ0v) is 44.3. The van der Waals surface area contributed by atoms with Gasteiger partial charge in [0.15, 0.2) is 5.96 Å². The topological polar surface area (TPSA) is 413 Å². The van der Waals surface area contributed by atoms with Crippen molar-refractivity contribution in [3.8, 4) is 0 Å². The molecule has 0 radical (unpaired) electrons. The van der Waals surface area contributed by atoms with Crippen LogP contribution in [0.2, 0.25) is 0 Å². The third kappa shape index (κ3) is 22.7. The Hall–Kier alpha value is -7.32. The van der Waals surface area contributed by atoms with Crippen LogP contribution in [0.5, 0.6) is 0 Å². The van der Waals surface area contributed by atoms with E-state index in [1.807, 2.05) is 6.26 Å². The Kier molecular flexibility index (Phi) is 27.8. The van der Waals surface area contributed by atoms with Gasteiger partial charge in [-0.15, -0.1) is 0 Å². The van der Waals surface area contributed by atoms with Crippen molar-refractivity contribution in [2.75, 3.05) is 44.7 Å². The van der Waals surface area contributed by atoms with Gasteiger partial charge in [0, 0.05) is 25.9 Å². The largest absolute Gasteiger partial charge is 0.370 e. The standard InChI is InChI=1S/C50H77N15O10S/c1-30(52)49(75)65-24-13-20-39(65)48(74)63-35(18-10-11-22-51)46(72)62-36(21-25-76-3)44(70)57-29-41(67)60-38(27-33-16-8-5-9-17-33)47(73)64-37(26-32-14-6-4-7-15-32)45(71)58-28-40(66)59-31(2)43(69)61-34(42(53)68)19-12-23-56-50(54)55/h4-9,14-17,30-31,34-39H,10-13,18-29,51-52H2,1-3H3,(H2,53,68)(H,57,70)(H,58,71)(H,59,66)(H,60,67)(H,61,69)(H,62,72)(H,63,74)(H,64,73)(H4,54,55,56). The molecule has 0 spiro atoms. The zero-order chi connectivity index (χ0) is 56.2. The minimum Gasteiger partial charge on any atom is -0.370 e. The van der Waals surface area contributed by atoms with Gasteiger partial charge in [0.05, 0.1) is 19.1 Å². The van der Waals surface area contributed by atoms with Crippen LogP contribution in [-0.4, -0.2) is 163 Å². The maximum atomic E-state index is 14.2. The highest BCUT2D eigenvalue weighted by Gasteiger charge is 2.37. The van der Waals surface area contributed by atoms with Gasteiger partial charge >= 0.3 is 0 Å². The minimum absolute atomic E-state index is 0.0361. The van der Waals surface area contributed by atoms with Crippen LogP contribution in [0.4, 0.5) is 0 Å². The van der Waals surface area contributed by atoms with Gasteiger partial charge in [-0.25, -0.2) is 0 Å². The first-order chi connectivity index (χ1) is 36.2. The SMILES string of the molecule is CSCCC(NC(=O)C(CCCCN)NC(=O)C1CCCN1C(=O)C(C)N)C(=O)NCC(=O)NC(Cc1ccccc1)C(=O)NC(Cc1ccccc1)C(=O)NCC(=O)NC(C)C(=O)NC(CCCN=C(N)N)C(N)=O. The van der Waals surface area contributed by atoms with Crippen LogP contribution >= 0.6 is 11.8 Å². The Labute approximate surface area is 447 Å². The van der Waals surface area contributed by atoms with Gasteiger partial charge in [-0.3, -0.25) is 52.9 Å². The van der Waals surface area contributed by atoms with E-state index in [1.54, 1.807) is 60.7 Å². The molecule has 26 heteroatoms. The summed E-state index contributed by atoms with van der Waals surface area (Å²) in [5, 5.41) is 20.8. The molecule has 1 aliphatic heterocycles. The molecule has 10 amide bonds. The molecule has 3 rings (SSSR count). The maximum absolute atomic E-state index is 14.2. The second kappa shape index (κ2) is 33.6. The zero-order valence-electron chi connectivity index (χ0n) is 43.5. The highest BCUT2D eigenvalue weighted by atomic mass is 32.2. The molecule has 76 heavy (non-hydrogen) atoms. The van der Waals surface area contributed by atoms with Crippen molar-refractivity contribution in [2.45, 2.75) is 126 Å². The number of carbonyl (C=O) groups excluding carboxylic acids is 10. The highest BCUT2D eigenvalue weighted by Crippen LogP contribution is 2.19. The number of carbonyl (C=O) groups is 10. The lowest BCUT2D eigenvalue weighted by atomic mass is 10.0. The number of unbranched alkanes of at least 4 members (excludes halogenated alkanes) is 1. The van der Waals surface area contributed by atoms with Gasteiger partial charge in [0.2, 0.25) is 59.1 Å². The van der Waals surface area contributed by atoms with Crippen LogP contribution in [0, 0.1) is 0 Å². The van der Waals surface area contributed by atoms with Crippen LogP contribution in [0.25, 0.3) is 0 Å². The monoisotopic (exact) mass is 1080 g/mol. The summed E-state index contributed by atoms with van der Waals surface area (Å²) in [7, 11) is 0. The number of hydrogen-bond acceptors (Lipinski definition) is 14. The minimum atomic E-state index is -1.29. The smallest absolute Gasteiger partial charge is 0.243 e. The number of rotatable bonds is 33. The van der Waals surface area contributed by atoms with Crippen molar-refractivity contribution in [3.05, 3.63) is 71.8 Å². The number of likely N-dealkylation sites (tertiary alicyclic amines) is 1. The molecule has 1 fully saturated rings.